The number of nitrogens with one attached hydrogen (secondary N) is 1. The van der Waals surface area contributed by atoms with E-state index in [-0.39, 0.29) is 5.95 Å². The Hall–Kier alpha value is -3.03. The van der Waals surface area contributed by atoms with Gasteiger partial charge in [0.15, 0.2) is 0 Å². The van der Waals surface area contributed by atoms with Gasteiger partial charge in [-0.2, -0.15) is 4.98 Å². The summed E-state index contributed by atoms with van der Waals surface area (Å²) < 4.78 is 5.17. The third-order valence-corrected chi connectivity index (χ3v) is 2.60. The molecule has 0 fully saturated rings. The molecule has 100 valence electrons. The van der Waals surface area contributed by atoms with Gasteiger partial charge in [-0.1, -0.05) is 0 Å². The Morgan fingerprint density at radius 3 is 2.80 bits per heavy atom. The fraction of sp³-hybridized carbons (Fsp3) is 0.0833. The molecule has 0 radical (unpaired) electrons. The zero-order chi connectivity index (χ0) is 13.9. The van der Waals surface area contributed by atoms with Crippen LogP contribution in [0, 0.1) is 0 Å². The molecule has 0 amide bonds. The number of nitrogens with zero attached hydrogens (tertiary/aromatic N) is 5. The van der Waals surface area contributed by atoms with Crippen LogP contribution >= 0.6 is 0 Å². The second-order valence-electron chi connectivity index (χ2n) is 3.86. The van der Waals surface area contributed by atoms with E-state index in [0.717, 1.165) is 5.39 Å². The summed E-state index contributed by atoms with van der Waals surface area (Å²) in [5, 5.41) is 3.78. The van der Waals surface area contributed by atoms with Crippen LogP contribution in [0.4, 0.5) is 17.6 Å². The maximum atomic E-state index is 5.72. The first-order chi connectivity index (χ1) is 9.78. The highest BCUT2D eigenvalue weighted by atomic mass is 16.5. The van der Waals surface area contributed by atoms with E-state index in [1.54, 1.807) is 30.9 Å². The van der Waals surface area contributed by atoms with Gasteiger partial charge in [0.2, 0.25) is 11.8 Å². The summed E-state index contributed by atoms with van der Waals surface area (Å²) >= 11 is 0. The van der Waals surface area contributed by atoms with Crippen LogP contribution in [-0.4, -0.2) is 32.0 Å². The summed E-state index contributed by atoms with van der Waals surface area (Å²) in [5.41, 5.74) is 6.26. The Morgan fingerprint density at radius 2 is 2.05 bits per heavy atom. The number of methoxy groups -OCH3 is 1. The molecule has 0 aliphatic rings. The molecule has 20 heavy (non-hydrogen) atoms. The van der Waals surface area contributed by atoms with E-state index in [0.29, 0.717) is 23.0 Å². The van der Waals surface area contributed by atoms with Crippen molar-refractivity contribution in [2.24, 2.45) is 0 Å². The Kier molecular flexibility index (Phi) is 2.96. The quantitative estimate of drug-likeness (QED) is 0.728. The molecule has 3 heterocycles. The Morgan fingerprint density at radius 1 is 1.15 bits per heavy atom. The number of hydrogen-bond donors (Lipinski definition) is 2. The van der Waals surface area contributed by atoms with Crippen LogP contribution in [-0.2, 0) is 0 Å². The minimum atomic E-state index is 0.121. The van der Waals surface area contributed by atoms with Gasteiger partial charge in [-0.05, 0) is 6.07 Å². The number of nitrogen functional groups attached to an aromatic ring is 1. The number of nitrogens with two attached hydrogens (primary N) is 1. The molecule has 0 spiro atoms. The first kappa shape index (κ1) is 12.0. The van der Waals surface area contributed by atoms with Gasteiger partial charge in [-0.25, -0.2) is 15.0 Å². The van der Waals surface area contributed by atoms with Crippen molar-refractivity contribution in [3.63, 3.8) is 0 Å². The largest absolute Gasteiger partial charge is 0.479 e. The second-order valence-corrected chi connectivity index (χ2v) is 3.86. The highest BCUT2D eigenvalue weighted by Crippen LogP contribution is 2.27. The maximum absolute atomic E-state index is 5.72. The number of rotatable bonds is 3. The third-order valence-electron chi connectivity index (χ3n) is 2.60. The second kappa shape index (κ2) is 4.92. The fourth-order valence-corrected chi connectivity index (χ4v) is 1.78. The van der Waals surface area contributed by atoms with Gasteiger partial charge in [0.25, 0.3) is 0 Å². The smallest absolute Gasteiger partial charge is 0.240 e. The number of ether oxygens (including phenoxy) is 1. The highest BCUT2D eigenvalue weighted by Gasteiger charge is 2.11. The summed E-state index contributed by atoms with van der Waals surface area (Å²) in [4.78, 5) is 20.5. The van der Waals surface area contributed by atoms with Crippen LogP contribution in [0.1, 0.15) is 0 Å². The van der Waals surface area contributed by atoms with Gasteiger partial charge < -0.3 is 15.8 Å². The number of aromatic nitrogens is 5. The van der Waals surface area contributed by atoms with Crippen molar-refractivity contribution >= 4 is 28.5 Å². The molecule has 3 N–H and O–H groups in total. The van der Waals surface area contributed by atoms with E-state index in [1.165, 1.54) is 7.11 Å². The average molecular weight is 269 g/mol. The summed E-state index contributed by atoms with van der Waals surface area (Å²) in [5.74, 6) is 1.59. The molecule has 3 rings (SSSR count). The summed E-state index contributed by atoms with van der Waals surface area (Å²) in [7, 11) is 1.52. The monoisotopic (exact) mass is 269 g/mol. The molecule has 0 aromatic carbocycles. The average Bonchev–Trinajstić information content (AvgIpc) is 2.47. The highest BCUT2D eigenvalue weighted by molar-refractivity contribution is 5.93. The van der Waals surface area contributed by atoms with E-state index in [1.807, 2.05) is 0 Å². The lowest BCUT2D eigenvalue weighted by Crippen LogP contribution is -2.03. The zero-order valence-corrected chi connectivity index (χ0v) is 10.6. The number of pyridine rings is 1. The normalized spacial score (nSPS) is 10.4. The summed E-state index contributed by atoms with van der Waals surface area (Å²) in [6.07, 6.45) is 6.37. The molecule has 3 aromatic heterocycles. The van der Waals surface area contributed by atoms with Gasteiger partial charge in [-0.15, -0.1) is 0 Å². The third kappa shape index (κ3) is 2.14. The van der Waals surface area contributed by atoms with Crippen LogP contribution in [0.25, 0.3) is 10.9 Å². The molecule has 0 saturated carbocycles. The van der Waals surface area contributed by atoms with Gasteiger partial charge in [0.1, 0.15) is 17.2 Å². The van der Waals surface area contributed by atoms with Crippen molar-refractivity contribution in [1.29, 1.82) is 0 Å². The zero-order valence-electron chi connectivity index (χ0n) is 10.6. The standard InChI is InChI=1S/C12H11N7O/c1-20-11-9-7(2-3-16-11)10(19-12(13)18-9)17-8-6-14-4-5-15-8/h2-6H,1H3,(H3,13,15,17,18,19). The van der Waals surface area contributed by atoms with Crippen molar-refractivity contribution in [2.75, 3.05) is 18.2 Å². The molecule has 0 aliphatic heterocycles. The molecule has 0 aliphatic carbocycles. The van der Waals surface area contributed by atoms with Gasteiger partial charge >= 0.3 is 0 Å². The van der Waals surface area contributed by atoms with E-state index in [4.69, 9.17) is 10.5 Å². The van der Waals surface area contributed by atoms with Crippen LogP contribution < -0.4 is 15.8 Å². The van der Waals surface area contributed by atoms with E-state index < -0.39 is 0 Å². The van der Waals surface area contributed by atoms with E-state index >= 15 is 0 Å². The SMILES string of the molecule is COc1nccc2c(Nc3cnccn3)nc(N)nc12. The van der Waals surface area contributed by atoms with Gasteiger partial charge in [0, 0.05) is 18.6 Å². The minimum absolute atomic E-state index is 0.121. The predicted octanol–water partition coefficient (Wildman–Crippen LogP) is 1.15. The van der Waals surface area contributed by atoms with E-state index in [2.05, 4.69) is 30.2 Å². The Bertz CT molecular complexity index is 747. The minimum Gasteiger partial charge on any atom is -0.479 e. The molecule has 8 heteroatoms. The van der Waals surface area contributed by atoms with E-state index in [9.17, 15) is 0 Å². The molecule has 0 saturated heterocycles. The topological polar surface area (TPSA) is 112 Å². The van der Waals surface area contributed by atoms with Crippen LogP contribution in [0.5, 0.6) is 5.88 Å². The molecule has 0 atom stereocenters. The van der Waals surface area contributed by atoms with Crippen LogP contribution in [0.3, 0.4) is 0 Å². The van der Waals surface area contributed by atoms with Crippen molar-refractivity contribution < 1.29 is 4.74 Å². The predicted molar refractivity (Wildman–Crippen MR) is 73.6 cm³/mol. The molecule has 0 unspecified atom stereocenters. The molecule has 8 nitrogen and oxygen atoms in total. The van der Waals surface area contributed by atoms with Crippen LogP contribution in [0.2, 0.25) is 0 Å². The van der Waals surface area contributed by atoms with Crippen molar-refractivity contribution in [3.8, 4) is 5.88 Å². The Labute approximate surface area is 114 Å². The summed E-state index contributed by atoms with van der Waals surface area (Å²) in [6.45, 7) is 0. The fourth-order valence-electron chi connectivity index (χ4n) is 1.78. The lowest BCUT2D eigenvalue weighted by Gasteiger charge is -2.09. The maximum Gasteiger partial charge on any atom is 0.240 e. The van der Waals surface area contributed by atoms with Crippen molar-refractivity contribution in [2.45, 2.75) is 0 Å². The lowest BCUT2D eigenvalue weighted by molar-refractivity contribution is 0.402. The van der Waals surface area contributed by atoms with Crippen molar-refractivity contribution in [3.05, 3.63) is 30.9 Å². The molecule has 3 aromatic rings. The van der Waals surface area contributed by atoms with Crippen molar-refractivity contribution in [1.82, 2.24) is 24.9 Å². The first-order valence-corrected chi connectivity index (χ1v) is 5.77. The van der Waals surface area contributed by atoms with Crippen LogP contribution in [0.15, 0.2) is 30.9 Å². The van der Waals surface area contributed by atoms with Gasteiger partial charge in [-0.3, -0.25) is 4.98 Å². The summed E-state index contributed by atoms with van der Waals surface area (Å²) in [6, 6.07) is 1.77. The number of anilines is 3. The van der Waals surface area contributed by atoms with Gasteiger partial charge in [0.05, 0.1) is 18.7 Å². The molecular weight excluding hydrogens is 258 g/mol. The molecular formula is C12H11N7O. The number of fused-ring (bicyclic) bond motifs is 1. The first-order valence-electron chi connectivity index (χ1n) is 5.77. The number of hydrogen-bond acceptors (Lipinski definition) is 8. The Balaban J connectivity index is 2.15. The molecule has 0 bridgehead atoms. The lowest BCUT2D eigenvalue weighted by atomic mass is 10.3.